The van der Waals surface area contributed by atoms with E-state index in [0.29, 0.717) is 28.3 Å². The van der Waals surface area contributed by atoms with Gasteiger partial charge < -0.3 is 20.0 Å². The molecule has 0 amide bonds. The fourth-order valence-electron chi connectivity index (χ4n) is 5.97. The Morgan fingerprint density at radius 2 is 1.97 bits per heavy atom. The fourth-order valence-corrected chi connectivity index (χ4v) is 5.97. The van der Waals surface area contributed by atoms with Crippen LogP contribution >= 0.6 is 0 Å². The van der Waals surface area contributed by atoms with Gasteiger partial charge in [0.25, 0.3) is 0 Å². The van der Waals surface area contributed by atoms with Crippen molar-refractivity contribution in [1.82, 2.24) is 19.9 Å². The number of imidazole rings is 1. The minimum atomic E-state index is -0.774. The second kappa shape index (κ2) is 7.38. The third-order valence-electron chi connectivity index (χ3n) is 7.54. The Morgan fingerprint density at radius 1 is 1.21 bits per heavy atom. The number of H-pyrrole nitrogens is 1. The molecule has 7 rings (SSSR count). The molecule has 0 radical (unpaired) electrons. The zero-order valence-corrected chi connectivity index (χ0v) is 18.0. The first-order valence-electron chi connectivity index (χ1n) is 11.2. The highest BCUT2D eigenvalue weighted by molar-refractivity contribution is 6.16. The van der Waals surface area contributed by atoms with Crippen LogP contribution in [0.15, 0.2) is 29.6 Å². The Kier molecular flexibility index (Phi) is 4.55. The van der Waals surface area contributed by atoms with Crippen molar-refractivity contribution >= 4 is 28.5 Å². The standard InChI is InChI=1S/C23H24F2N6O2/c1-31-9-27-19-21(28-17-11-4-2-10(3-5-11)16(17)23(32)33)29-20(30-22(19)31)14-8-26-18-13(14)6-12(24)7-15(18)25/h6-11,16-17,21,26,28H,2-5H2,1H3,(H,29,30)(H,32,33). The number of aliphatic carboxylic acids is 1. The summed E-state index contributed by atoms with van der Waals surface area (Å²) >= 11 is 0. The highest BCUT2D eigenvalue weighted by Gasteiger charge is 2.48. The van der Waals surface area contributed by atoms with E-state index in [4.69, 9.17) is 4.99 Å². The third-order valence-corrected chi connectivity index (χ3v) is 7.54. The number of fused-ring (bicyclic) bond motifs is 5. The van der Waals surface area contributed by atoms with Gasteiger partial charge in [0, 0.05) is 36.3 Å². The van der Waals surface area contributed by atoms with Gasteiger partial charge in [0.15, 0.2) is 0 Å². The maximum absolute atomic E-state index is 14.3. The number of anilines is 1. The first kappa shape index (κ1) is 20.3. The summed E-state index contributed by atoms with van der Waals surface area (Å²) in [4.78, 5) is 24.3. The van der Waals surface area contributed by atoms with Gasteiger partial charge in [-0.05, 0) is 43.6 Å². The minimum absolute atomic E-state index is 0.165. The molecule has 3 aromatic rings. The molecule has 1 aromatic carbocycles. The molecule has 3 aliphatic carbocycles. The number of halogens is 2. The Labute approximate surface area is 188 Å². The number of carboxylic acid groups (broad SMARTS) is 1. The van der Waals surface area contributed by atoms with Gasteiger partial charge in [-0.3, -0.25) is 10.1 Å². The lowest BCUT2D eigenvalue weighted by Gasteiger charge is -2.48. The van der Waals surface area contributed by atoms with Crippen molar-refractivity contribution in [3.63, 3.8) is 0 Å². The van der Waals surface area contributed by atoms with E-state index in [0.717, 1.165) is 31.7 Å². The maximum atomic E-state index is 14.3. The summed E-state index contributed by atoms with van der Waals surface area (Å²) in [5, 5.41) is 17.1. The predicted octanol–water partition coefficient (Wildman–Crippen LogP) is 3.53. The van der Waals surface area contributed by atoms with Crippen LogP contribution in [0.5, 0.6) is 0 Å². The van der Waals surface area contributed by atoms with Crippen LogP contribution in [-0.2, 0) is 11.8 Å². The van der Waals surface area contributed by atoms with E-state index < -0.39 is 29.7 Å². The molecule has 0 spiro atoms. The highest BCUT2D eigenvalue weighted by Crippen LogP contribution is 2.46. The van der Waals surface area contributed by atoms with E-state index in [1.54, 1.807) is 12.5 Å². The predicted molar refractivity (Wildman–Crippen MR) is 118 cm³/mol. The highest BCUT2D eigenvalue weighted by atomic mass is 19.1. The number of rotatable bonds is 4. The Hall–Kier alpha value is -3.27. The second-order valence-electron chi connectivity index (χ2n) is 9.34. The van der Waals surface area contributed by atoms with E-state index in [9.17, 15) is 18.7 Å². The van der Waals surface area contributed by atoms with Crippen molar-refractivity contribution in [3.8, 4) is 0 Å². The van der Waals surface area contributed by atoms with Crippen LogP contribution in [0.4, 0.5) is 14.6 Å². The van der Waals surface area contributed by atoms with Gasteiger partial charge in [0.1, 0.15) is 35.1 Å². The first-order chi connectivity index (χ1) is 15.9. The van der Waals surface area contributed by atoms with Crippen molar-refractivity contribution in [3.05, 3.63) is 47.5 Å². The first-order valence-corrected chi connectivity index (χ1v) is 11.2. The van der Waals surface area contributed by atoms with Crippen LogP contribution in [0, 0.1) is 29.4 Å². The molecule has 1 aliphatic heterocycles. The van der Waals surface area contributed by atoms with Crippen LogP contribution in [0.2, 0.25) is 0 Å². The number of aryl methyl sites for hydroxylation is 1. The second-order valence-corrected chi connectivity index (χ2v) is 9.34. The summed E-state index contributed by atoms with van der Waals surface area (Å²) < 4.78 is 30.0. The number of hydrogen-bond acceptors (Lipinski definition) is 5. The lowest BCUT2D eigenvalue weighted by molar-refractivity contribution is -0.150. The van der Waals surface area contributed by atoms with E-state index in [2.05, 4.69) is 20.6 Å². The quantitative estimate of drug-likeness (QED) is 0.483. The van der Waals surface area contributed by atoms with Crippen molar-refractivity contribution in [2.75, 3.05) is 5.32 Å². The van der Waals surface area contributed by atoms with Crippen LogP contribution in [0.3, 0.4) is 0 Å². The van der Waals surface area contributed by atoms with Crippen molar-refractivity contribution in [1.29, 1.82) is 0 Å². The molecule has 3 atom stereocenters. The number of hydrogen-bond donors (Lipinski definition) is 4. The van der Waals surface area contributed by atoms with E-state index in [1.807, 2.05) is 11.6 Å². The third kappa shape index (κ3) is 3.15. The number of carbonyl (C=O) groups is 1. The molecule has 4 aliphatic rings. The van der Waals surface area contributed by atoms with Crippen LogP contribution in [-0.4, -0.2) is 37.5 Å². The summed E-state index contributed by atoms with van der Waals surface area (Å²) in [6.07, 6.45) is 6.59. The topological polar surface area (TPSA) is 107 Å². The zero-order chi connectivity index (χ0) is 22.9. The van der Waals surface area contributed by atoms with Gasteiger partial charge in [-0.1, -0.05) is 0 Å². The molecular weight excluding hydrogens is 430 g/mol. The van der Waals surface area contributed by atoms with Crippen LogP contribution < -0.4 is 10.6 Å². The normalized spacial score (nSPS) is 28.5. The van der Waals surface area contributed by atoms with Crippen molar-refractivity contribution in [2.24, 2.45) is 29.8 Å². The lowest BCUT2D eigenvalue weighted by atomic mass is 9.61. The Bertz CT molecular complexity index is 1290. The summed E-state index contributed by atoms with van der Waals surface area (Å²) in [6.45, 7) is 0. The number of nitrogens with one attached hydrogen (secondary N) is 3. The van der Waals surface area contributed by atoms with Crippen LogP contribution in [0.25, 0.3) is 10.9 Å². The molecule has 10 heteroatoms. The molecule has 2 bridgehead atoms. The smallest absolute Gasteiger partial charge is 0.308 e. The average molecular weight is 454 g/mol. The summed E-state index contributed by atoms with van der Waals surface area (Å²) in [6, 6.07) is 1.90. The summed E-state index contributed by atoms with van der Waals surface area (Å²) in [5.41, 5.74) is 1.40. The number of aliphatic imine (C=N–C) groups is 1. The molecular formula is C23H24F2N6O2. The van der Waals surface area contributed by atoms with E-state index in [-0.39, 0.29) is 23.4 Å². The molecule has 4 N–H and O–H groups in total. The zero-order valence-electron chi connectivity index (χ0n) is 18.0. The number of nitrogens with zero attached hydrogens (tertiary/aromatic N) is 3. The number of aromatic nitrogens is 3. The number of aromatic amines is 1. The summed E-state index contributed by atoms with van der Waals surface area (Å²) in [7, 11) is 1.84. The van der Waals surface area contributed by atoms with Crippen molar-refractivity contribution in [2.45, 2.75) is 37.9 Å². The molecule has 0 saturated heterocycles. The van der Waals surface area contributed by atoms with Gasteiger partial charge >= 0.3 is 5.97 Å². The molecule has 3 heterocycles. The SMILES string of the molecule is Cn1cnc2c1NC(c1c[nH]c3c(F)cc(F)cc13)=NC2NC1C2CCC(CC2)C1C(=O)O. The lowest BCUT2D eigenvalue weighted by Crippen LogP contribution is -2.55. The van der Waals surface area contributed by atoms with E-state index >= 15 is 0 Å². The Morgan fingerprint density at radius 3 is 2.73 bits per heavy atom. The number of amidine groups is 1. The Balaban J connectivity index is 1.42. The van der Waals surface area contributed by atoms with Gasteiger partial charge in [-0.15, -0.1) is 0 Å². The number of carboxylic acids is 1. The molecule has 3 saturated carbocycles. The molecule has 8 nitrogen and oxygen atoms in total. The van der Waals surface area contributed by atoms with Gasteiger partial charge in [-0.25, -0.2) is 18.8 Å². The maximum Gasteiger partial charge on any atom is 0.308 e. The molecule has 2 aromatic heterocycles. The fraction of sp³-hybridized carbons (Fsp3) is 0.435. The molecule has 172 valence electrons. The van der Waals surface area contributed by atoms with Gasteiger partial charge in [0.2, 0.25) is 0 Å². The van der Waals surface area contributed by atoms with E-state index in [1.165, 1.54) is 6.07 Å². The molecule has 3 fully saturated rings. The van der Waals surface area contributed by atoms with Gasteiger partial charge in [-0.2, -0.15) is 0 Å². The average Bonchev–Trinajstić information content (AvgIpc) is 3.38. The molecule has 3 unspecified atom stereocenters. The number of benzene rings is 1. The van der Waals surface area contributed by atoms with Gasteiger partial charge in [0.05, 0.1) is 17.8 Å². The monoisotopic (exact) mass is 454 g/mol. The molecule has 33 heavy (non-hydrogen) atoms. The van der Waals surface area contributed by atoms with Crippen LogP contribution in [0.1, 0.15) is 43.1 Å². The van der Waals surface area contributed by atoms with Crippen molar-refractivity contribution < 1.29 is 18.7 Å². The summed E-state index contributed by atoms with van der Waals surface area (Å²) in [5.74, 6) is -1.00. The largest absolute Gasteiger partial charge is 0.481 e. The minimum Gasteiger partial charge on any atom is -0.481 e.